The highest BCUT2D eigenvalue weighted by Crippen LogP contribution is 2.65. The molecule has 3 N–H and O–H groups in total. The minimum atomic E-state index is -1.45. The zero-order valence-corrected chi connectivity index (χ0v) is 29.6. The summed E-state index contributed by atoms with van der Waals surface area (Å²) in [7, 11) is 2.91. The SMILES string of the molecule is COc1c(F)cc(C(N)C(=O)N[C@@H](Cc2ccc(F)c(C(=O)OC(C)(C)C)c2OC)B2O[C@@H]3C[C@@H]4C[C@@H](C4(C)C)[C@]3(C)O2)c(Cl)c1OC. The molecule has 2 aromatic carbocycles. The molecular weight excluding hydrogens is 649 g/mol. The molecule has 6 rings (SSSR count). The maximum absolute atomic E-state index is 15.2. The van der Waals surface area contributed by atoms with Crippen LogP contribution in [0.15, 0.2) is 18.2 Å². The van der Waals surface area contributed by atoms with Gasteiger partial charge in [-0.05, 0) is 81.9 Å². The van der Waals surface area contributed by atoms with Crippen molar-refractivity contribution < 1.29 is 46.6 Å². The summed E-state index contributed by atoms with van der Waals surface area (Å²) < 4.78 is 64.7. The fraction of sp³-hybridized carbons (Fsp3) is 0.588. The Morgan fingerprint density at radius 1 is 1.06 bits per heavy atom. The van der Waals surface area contributed by atoms with E-state index in [-0.39, 0.29) is 57.3 Å². The molecule has 2 bridgehead atoms. The Kier molecular flexibility index (Phi) is 9.77. The third-order valence-electron chi connectivity index (χ3n) is 10.2. The van der Waals surface area contributed by atoms with Crippen molar-refractivity contribution in [1.29, 1.82) is 0 Å². The molecule has 1 aliphatic heterocycles. The first kappa shape index (κ1) is 36.2. The summed E-state index contributed by atoms with van der Waals surface area (Å²) >= 11 is 6.52. The van der Waals surface area contributed by atoms with E-state index in [1.54, 1.807) is 20.8 Å². The number of esters is 1. The van der Waals surface area contributed by atoms with E-state index in [9.17, 15) is 14.0 Å². The largest absolute Gasteiger partial charge is 0.495 e. The Bertz CT molecular complexity index is 1600. The number of hydrogen-bond acceptors (Lipinski definition) is 9. The van der Waals surface area contributed by atoms with Crippen LogP contribution in [0.3, 0.4) is 0 Å². The number of benzene rings is 2. The van der Waals surface area contributed by atoms with Crippen molar-refractivity contribution in [3.05, 3.63) is 51.5 Å². The van der Waals surface area contributed by atoms with Crippen molar-refractivity contribution in [3.8, 4) is 17.2 Å². The molecule has 1 unspecified atom stereocenters. The Labute approximate surface area is 285 Å². The lowest BCUT2D eigenvalue weighted by Crippen LogP contribution is -2.65. The zero-order chi connectivity index (χ0) is 35.5. The van der Waals surface area contributed by atoms with E-state index in [4.69, 9.17) is 45.6 Å². The molecule has 4 aliphatic rings. The van der Waals surface area contributed by atoms with Gasteiger partial charge in [0.05, 0.1) is 44.0 Å². The van der Waals surface area contributed by atoms with E-state index in [1.165, 1.54) is 27.4 Å². The molecule has 0 aromatic heterocycles. The fourth-order valence-electron chi connectivity index (χ4n) is 7.66. The Morgan fingerprint density at radius 2 is 1.71 bits per heavy atom. The number of carbonyl (C=O) groups is 2. The summed E-state index contributed by atoms with van der Waals surface area (Å²) in [6.45, 7) is 11.5. The van der Waals surface area contributed by atoms with Gasteiger partial charge in [-0.25, -0.2) is 13.6 Å². The van der Waals surface area contributed by atoms with Crippen LogP contribution in [0.2, 0.25) is 5.02 Å². The van der Waals surface area contributed by atoms with Crippen LogP contribution in [-0.4, -0.2) is 63.6 Å². The standard InChI is InChI=1S/C34H44BClF2N2O8/c1-32(2,3)46-31(42)24-19(37)11-10-16(27(24)43-7)12-23(35-47-22-14-17-13-21(33(17,4)5)34(22,6)48-35)40-30(41)26(39)18-15-20(38)28(44-8)29(45-9)25(18)36/h10-11,15,17,21-23,26H,12-14,39H2,1-9H3,(H,40,41)/t17-,21-,22+,23-,26?,34-/m0/s1. The number of amides is 1. The van der Waals surface area contributed by atoms with Crippen LogP contribution in [0, 0.1) is 28.9 Å². The second kappa shape index (κ2) is 13.0. The fourth-order valence-corrected chi connectivity index (χ4v) is 7.99. The average molecular weight is 693 g/mol. The molecule has 3 saturated carbocycles. The minimum Gasteiger partial charge on any atom is -0.495 e. The number of methoxy groups -OCH3 is 3. The van der Waals surface area contributed by atoms with E-state index >= 15 is 4.39 Å². The summed E-state index contributed by atoms with van der Waals surface area (Å²) in [5.74, 6) is -3.88. The third kappa shape index (κ3) is 6.23. The molecule has 262 valence electrons. The Hall–Kier alpha value is -3.13. The van der Waals surface area contributed by atoms with Crippen LogP contribution in [0.4, 0.5) is 8.78 Å². The molecular formula is C34H44BClF2N2O8. The molecule has 14 heteroatoms. The topological polar surface area (TPSA) is 128 Å². The molecule has 48 heavy (non-hydrogen) atoms. The number of rotatable bonds is 10. The Balaban J connectivity index is 1.51. The lowest BCUT2D eigenvalue weighted by Gasteiger charge is -2.64. The van der Waals surface area contributed by atoms with Gasteiger partial charge in [0.15, 0.2) is 17.3 Å². The first-order chi connectivity index (χ1) is 22.4. The van der Waals surface area contributed by atoms with E-state index in [1.807, 2.05) is 6.92 Å². The van der Waals surface area contributed by atoms with Gasteiger partial charge in [-0.1, -0.05) is 31.5 Å². The van der Waals surface area contributed by atoms with Crippen molar-refractivity contribution in [2.24, 2.45) is 23.0 Å². The maximum atomic E-state index is 15.2. The molecule has 0 spiro atoms. The van der Waals surface area contributed by atoms with Crippen molar-refractivity contribution in [2.75, 3.05) is 21.3 Å². The molecule has 10 nitrogen and oxygen atoms in total. The van der Waals surface area contributed by atoms with E-state index < -0.39 is 53.8 Å². The lowest BCUT2D eigenvalue weighted by molar-refractivity contribution is -0.199. The number of hydrogen-bond donors (Lipinski definition) is 2. The Morgan fingerprint density at radius 3 is 2.29 bits per heavy atom. The summed E-state index contributed by atoms with van der Waals surface area (Å²) in [5, 5.41) is 2.82. The molecule has 4 fully saturated rings. The summed E-state index contributed by atoms with van der Waals surface area (Å²) in [4.78, 5) is 27.0. The van der Waals surface area contributed by atoms with Gasteiger partial charge in [0.25, 0.3) is 0 Å². The van der Waals surface area contributed by atoms with Crippen LogP contribution < -0.4 is 25.3 Å². The quantitative estimate of drug-likeness (QED) is 0.242. The molecule has 1 amide bonds. The highest BCUT2D eigenvalue weighted by atomic mass is 35.5. The number of ether oxygens (including phenoxy) is 4. The highest BCUT2D eigenvalue weighted by Gasteiger charge is 2.68. The van der Waals surface area contributed by atoms with Crippen LogP contribution in [0.1, 0.15) is 81.9 Å². The number of nitrogens with two attached hydrogens (primary N) is 1. The van der Waals surface area contributed by atoms with Crippen LogP contribution in [0.25, 0.3) is 0 Å². The lowest BCUT2D eigenvalue weighted by atomic mass is 9.43. The second-order valence-electron chi connectivity index (χ2n) is 14.6. The van der Waals surface area contributed by atoms with Crippen LogP contribution in [0.5, 0.6) is 17.2 Å². The molecule has 3 aliphatic carbocycles. The van der Waals surface area contributed by atoms with Crippen molar-refractivity contribution in [2.45, 2.75) is 90.1 Å². The van der Waals surface area contributed by atoms with Crippen LogP contribution in [-0.2, 0) is 25.3 Å². The van der Waals surface area contributed by atoms with Gasteiger partial charge >= 0.3 is 13.1 Å². The van der Waals surface area contributed by atoms with Crippen molar-refractivity contribution in [1.82, 2.24) is 5.32 Å². The summed E-state index contributed by atoms with van der Waals surface area (Å²) in [6.07, 6.45) is 1.55. The number of nitrogens with one attached hydrogen (secondary N) is 1. The van der Waals surface area contributed by atoms with Gasteiger partial charge in [-0.15, -0.1) is 0 Å². The van der Waals surface area contributed by atoms with Gasteiger partial charge in [-0.3, -0.25) is 4.79 Å². The predicted molar refractivity (Wildman–Crippen MR) is 175 cm³/mol. The first-order valence-electron chi connectivity index (χ1n) is 16.0. The minimum absolute atomic E-state index is 0.0172. The average Bonchev–Trinajstić information content (AvgIpc) is 3.37. The predicted octanol–water partition coefficient (Wildman–Crippen LogP) is 5.59. The maximum Gasteiger partial charge on any atom is 0.482 e. The number of carbonyl (C=O) groups excluding carboxylic acids is 2. The smallest absolute Gasteiger partial charge is 0.482 e. The van der Waals surface area contributed by atoms with Crippen LogP contribution >= 0.6 is 11.6 Å². The third-order valence-corrected chi connectivity index (χ3v) is 10.6. The van der Waals surface area contributed by atoms with Gasteiger partial charge in [0.1, 0.15) is 28.8 Å². The second-order valence-corrected chi connectivity index (χ2v) is 15.0. The normalized spacial score (nSPS) is 25.4. The van der Waals surface area contributed by atoms with Crippen molar-refractivity contribution >= 4 is 30.6 Å². The molecule has 1 heterocycles. The molecule has 0 radical (unpaired) electrons. The van der Waals surface area contributed by atoms with Gasteiger partial charge in [-0.2, -0.15) is 0 Å². The van der Waals surface area contributed by atoms with Gasteiger partial charge in [0, 0.05) is 5.56 Å². The van der Waals surface area contributed by atoms with E-state index in [2.05, 4.69) is 19.2 Å². The monoisotopic (exact) mass is 692 g/mol. The highest BCUT2D eigenvalue weighted by molar-refractivity contribution is 6.48. The van der Waals surface area contributed by atoms with Gasteiger partial charge < -0.3 is 39.3 Å². The zero-order valence-electron chi connectivity index (χ0n) is 28.8. The van der Waals surface area contributed by atoms with E-state index in [0.29, 0.717) is 11.5 Å². The number of halogens is 3. The van der Waals surface area contributed by atoms with E-state index in [0.717, 1.165) is 25.0 Å². The molecule has 6 atom stereocenters. The summed E-state index contributed by atoms with van der Waals surface area (Å²) in [5.41, 5.74) is 4.89. The van der Waals surface area contributed by atoms with Crippen molar-refractivity contribution in [3.63, 3.8) is 0 Å². The van der Waals surface area contributed by atoms with Gasteiger partial charge in [0.2, 0.25) is 5.91 Å². The molecule has 2 aromatic rings. The molecule has 1 saturated heterocycles. The summed E-state index contributed by atoms with van der Waals surface area (Å²) in [6, 6.07) is 2.17. The first-order valence-corrected chi connectivity index (χ1v) is 16.3.